The highest BCUT2D eigenvalue weighted by Gasteiger charge is 2.41. The Morgan fingerprint density at radius 1 is 1.17 bits per heavy atom. The quantitative estimate of drug-likeness (QED) is 0.711. The highest BCUT2D eigenvalue weighted by atomic mass is 19.1. The molecule has 1 N–H and O–H groups in total. The van der Waals surface area contributed by atoms with Crippen molar-refractivity contribution >= 4 is 17.7 Å². The van der Waals surface area contributed by atoms with Crippen LogP contribution in [0.25, 0.3) is 5.69 Å². The summed E-state index contributed by atoms with van der Waals surface area (Å²) in [6.07, 6.45) is 0.994. The van der Waals surface area contributed by atoms with Crippen LogP contribution in [0.1, 0.15) is 19.5 Å². The maximum absolute atomic E-state index is 13.4. The SMILES string of the molecule is Cc1cc(Nc2ncn(-c3cc(F)cc(F)c3)n2)cc([C@@]2(C)CN(C)C(=O)O2)c1.[HH]. The van der Waals surface area contributed by atoms with Crippen LogP contribution in [-0.2, 0) is 10.3 Å². The van der Waals surface area contributed by atoms with E-state index >= 15 is 0 Å². The number of benzene rings is 2. The van der Waals surface area contributed by atoms with Gasteiger partial charge < -0.3 is 15.0 Å². The van der Waals surface area contributed by atoms with Crippen molar-refractivity contribution < 1.29 is 19.7 Å². The monoisotopic (exact) mass is 401 g/mol. The summed E-state index contributed by atoms with van der Waals surface area (Å²) < 4.78 is 33.7. The number of carbonyl (C=O) groups is 1. The van der Waals surface area contributed by atoms with Gasteiger partial charge in [0.05, 0.1) is 12.2 Å². The number of hydrogen-bond donors (Lipinski definition) is 1. The number of halogens is 2. The summed E-state index contributed by atoms with van der Waals surface area (Å²) in [5.41, 5.74) is 1.96. The molecule has 2 heterocycles. The normalized spacial score (nSPS) is 18.8. The van der Waals surface area contributed by atoms with Crippen LogP contribution < -0.4 is 5.32 Å². The van der Waals surface area contributed by atoms with Crippen LogP contribution in [0.2, 0.25) is 0 Å². The number of nitrogens with zero attached hydrogens (tertiary/aromatic N) is 4. The third-order valence-corrected chi connectivity index (χ3v) is 4.71. The highest BCUT2D eigenvalue weighted by molar-refractivity contribution is 5.71. The fraction of sp³-hybridized carbons (Fsp3) is 0.250. The number of cyclic esters (lactones) is 1. The van der Waals surface area contributed by atoms with E-state index in [0.717, 1.165) is 29.3 Å². The Kier molecular flexibility index (Phi) is 4.45. The van der Waals surface area contributed by atoms with Gasteiger partial charge in [-0.2, -0.15) is 4.98 Å². The number of aromatic nitrogens is 3. The van der Waals surface area contributed by atoms with Crippen molar-refractivity contribution in [1.29, 1.82) is 0 Å². The molecular weight excluding hydrogens is 380 g/mol. The van der Waals surface area contributed by atoms with Crippen molar-refractivity contribution in [3.8, 4) is 5.69 Å². The predicted octanol–water partition coefficient (Wildman–Crippen LogP) is 4.14. The summed E-state index contributed by atoms with van der Waals surface area (Å²) in [7, 11) is 1.69. The van der Waals surface area contributed by atoms with Crippen molar-refractivity contribution in [2.75, 3.05) is 18.9 Å². The minimum absolute atomic E-state index is 0. The number of carbonyl (C=O) groups excluding carboxylic acids is 1. The van der Waals surface area contributed by atoms with Gasteiger partial charge in [0.25, 0.3) is 0 Å². The topological polar surface area (TPSA) is 72.3 Å². The van der Waals surface area contributed by atoms with Gasteiger partial charge in [-0.3, -0.25) is 0 Å². The maximum atomic E-state index is 13.4. The Balaban J connectivity index is 0.00000256. The van der Waals surface area contributed by atoms with Gasteiger partial charge in [0.1, 0.15) is 18.0 Å². The van der Waals surface area contributed by atoms with E-state index in [1.54, 1.807) is 7.05 Å². The van der Waals surface area contributed by atoms with Crippen LogP contribution in [-0.4, -0.2) is 39.4 Å². The molecule has 0 saturated carbocycles. The van der Waals surface area contributed by atoms with E-state index in [1.165, 1.54) is 15.9 Å². The van der Waals surface area contributed by atoms with E-state index in [2.05, 4.69) is 15.4 Å². The molecule has 0 spiro atoms. The second-order valence-corrected chi connectivity index (χ2v) is 7.31. The summed E-state index contributed by atoms with van der Waals surface area (Å²) in [5, 5.41) is 7.31. The van der Waals surface area contributed by atoms with Gasteiger partial charge in [-0.1, -0.05) is 6.07 Å². The first-order valence-electron chi connectivity index (χ1n) is 8.93. The van der Waals surface area contributed by atoms with E-state index in [4.69, 9.17) is 4.74 Å². The molecule has 1 aromatic heterocycles. The van der Waals surface area contributed by atoms with Gasteiger partial charge in [0.15, 0.2) is 5.60 Å². The van der Waals surface area contributed by atoms with Crippen molar-refractivity contribution in [1.82, 2.24) is 19.7 Å². The lowest BCUT2D eigenvalue weighted by atomic mass is 9.94. The molecule has 2 aromatic carbocycles. The van der Waals surface area contributed by atoms with Crippen molar-refractivity contribution in [2.45, 2.75) is 19.4 Å². The minimum atomic E-state index is -0.764. The second-order valence-electron chi connectivity index (χ2n) is 7.31. The van der Waals surface area contributed by atoms with E-state index < -0.39 is 17.2 Å². The average Bonchev–Trinajstić information content (AvgIpc) is 3.18. The first-order valence-corrected chi connectivity index (χ1v) is 8.93. The Morgan fingerprint density at radius 2 is 1.90 bits per heavy atom. The van der Waals surface area contributed by atoms with Gasteiger partial charge in [-0.25, -0.2) is 18.3 Å². The molecule has 1 amide bonds. The third-order valence-electron chi connectivity index (χ3n) is 4.71. The van der Waals surface area contributed by atoms with Gasteiger partial charge >= 0.3 is 6.09 Å². The second kappa shape index (κ2) is 6.84. The first-order chi connectivity index (χ1) is 13.7. The molecule has 152 valence electrons. The summed E-state index contributed by atoms with van der Waals surface area (Å²) in [6, 6.07) is 8.84. The number of rotatable bonds is 4. The molecule has 3 aromatic rings. The van der Waals surface area contributed by atoms with Crippen molar-refractivity contribution in [3.05, 3.63) is 65.5 Å². The average molecular weight is 401 g/mol. The molecule has 1 aliphatic heterocycles. The molecule has 0 unspecified atom stereocenters. The van der Waals surface area contributed by atoms with Crippen LogP contribution in [0.15, 0.2) is 42.7 Å². The first kappa shape index (κ1) is 18.9. The predicted molar refractivity (Wildman–Crippen MR) is 104 cm³/mol. The van der Waals surface area contributed by atoms with E-state index in [9.17, 15) is 13.6 Å². The lowest BCUT2D eigenvalue weighted by Gasteiger charge is -2.23. The Bertz CT molecular complexity index is 1090. The number of amides is 1. The van der Waals surface area contributed by atoms with Gasteiger partial charge in [0, 0.05) is 20.2 Å². The van der Waals surface area contributed by atoms with Crippen molar-refractivity contribution in [3.63, 3.8) is 0 Å². The lowest BCUT2D eigenvalue weighted by molar-refractivity contribution is 0.0701. The minimum Gasteiger partial charge on any atom is -0.436 e. The fourth-order valence-electron chi connectivity index (χ4n) is 3.38. The number of aryl methyl sites for hydroxylation is 1. The summed E-state index contributed by atoms with van der Waals surface area (Å²) >= 11 is 0. The number of nitrogens with one attached hydrogen (secondary N) is 1. The molecule has 0 aliphatic carbocycles. The molecule has 29 heavy (non-hydrogen) atoms. The number of likely N-dealkylation sites (N-methyl/N-ethyl adjacent to an activating group) is 1. The zero-order valence-electron chi connectivity index (χ0n) is 16.1. The molecule has 0 radical (unpaired) electrons. The molecule has 4 rings (SSSR count). The maximum Gasteiger partial charge on any atom is 0.410 e. The zero-order valence-corrected chi connectivity index (χ0v) is 16.1. The fourth-order valence-corrected chi connectivity index (χ4v) is 3.38. The van der Waals surface area contributed by atoms with Crippen LogP contribution in [0, 0.1) is 18.6 Å². The van der Waals surface area contributed by atoms with Gasteiger partial charge in [0.2, 0.25) is 5.95 Å². The van der Waals surface area contributed by atoms with Crippen LogP contribution in [0.3, 0.4) is 0 Å². The van der Waals surface area contributed by atoms with E-state index in [1.807, 2.05) is 32.0 Å². The van der Waals surface area contributed by atoms with E-state index in [0.29, 0.717) is 12.2 Å². The molecule has 1 fully saturated rings. The Hall–Kier alpha value is -3.49. The van der Waals surface area contributed by atoms with Crippen LogP contribution in [0.4, 0.5) is 25.2 Å². The lowest BCUT2D eigenvalue weighted by Crippen LogP contribution is -2.27. The number of anilines is 2. The molecule has 7 nitrogen and oxygen atoms in total. The smallest absolute Gasteiger partial charge is 0.410 e. The number of hydrogen-bond acceptors (Lipinski definition) is 5. The summed E-state index contributed by atoms with van der Waals surface area (Å²) in [5.74, 6) is -1.13. The standard InChI is InChI=1S/C20H19F2N5O2.H2/c1-12-4-13(20(2)10-26(3)19(28)29-20)6-16(5-12)24-18-23-11-27(25-18)17-8-14(21)7-15(22)9-17;/h4-9,11H,10H2,1-3H3,(H,24,25);1H/t20-;/m1./s1. The molecule has 1 aliphatic rings. The molecule has 9 heteroatoms. The highest BCUT2D eigenvalue weighted by Crippen LogP contribution is 2.34. The van der Waals surface area contributed by atoms with Crippen LogP contribution in [0.5, 0.6) is 0 Å². The van der Waals surface area contributed by atoms with Gasteiger partial charge in [-0.15, -0.1) is 5.10 Å². The molecule has 1 atom stereocenters. The summed E-state index contributed by atoms with van der Waals surface area (Å²) in [6.45, 7) is 4.23. The molecule has 0 bridgehead atoms. The number of ether oxygens (including phenoxy) is 1. The van der Waals surface area contributed by atoms with E-state index in [-0.39, 0.29) is 19.2 Å². The van der Waals surface area contributed by atoms with Crippen molar-refractivity contribution in [2.24, 2.45) is 0 Å². The molecule has 1 saturated heterocycles. The largest absolute Gasteiger partial charge is 0.436 e. The van der Waals surface area contributed by atoms with Gasteiger partial charge in [-0.05, 0) is 49.2 Å². The van der Waals surface area contributed by atoms with Crippen LogP contribution >= 0.6 is 0 Å². The third kappa shape index (κ3) is 3.75. The molecular formula is C20H21F2N5O2. The Morgan fingerprint density at radius 3 is 2.55 bits per heavy atom. The summed E-state index contributed by atoms with van der Waals surface area (Å²) in [4.78, 5) is 17.5. The Labute approximate surface area is 167 Å². The zero-order chi connectivity index (χ0) is 20.8.